The Kier molecular flexibility index (Phi) is 9.70. The molecule has 0 aromatic heterocycles. The van der Waals surface area contributed by atoms with Crippen molar-refractivity contribution in [3.05, 3.63) is 59.7 Å². The molecule has 0 spiro atoms. The molecule has 1 aliphatic rings. The minimum atomic E-state index is -0.783. The van der Waals surface area contributed by atoms with E-state index < -0.39 is 18.1 Å². The normalized spacial score (nSPS) is 13.1. The van der Waals surface area contributed by atoms with Crippen LogP contribution in [-0.2, 0) is 14.3 Å². The van der Waals surface area contributed by atoms with Crippen molar-refractivity contribution in [2.75, 3.05) is 13.2 Å². The van der Waals surface area contributed by atoms with Gasteiger partial charge in [-0.05, 0) is 47.4 Å². The third kappa shape index (κ3) is 7.57. The summed E-state index contributed by atoms with van der Waals surface area (Å²) in [5.41, 5.74) is 4.61. The molecule has 1 atom stereocenters. The summed E-state index contributed by atoms with van der Waals surface area (Å²) in [6, 6.07) is 15.6. The van der Waals surface area contributed by atoms with Gasteiger partial charge < -0.3 is 20.5 Å². The fraction of sp³-hybridized carbons (Fsp3) is 0.464. The fourth-order valence-electron chi connectivity index (χ4n) is 4.57. The van der Waals surface area contributed by atoms with E-state index in [1.807, 2.05) is 38.1 Å². The van der Waals surface area contributed by atoms with Crippen LogP contribution in [0.1, 0.15) is 69.4 Å². The van der Waals surface area contributed by atoms with Crippen LogP contribution < -0.4 is 10.6 Å². The molecule has 1 unspecified atom stereocenters. The molecule has 2 aromatic carbocycles. The van der Waals surface area contributed by atoms with Crippen LogP contribution in [0.5, 0.6) is 0 Å². The van der Waals surface area contributed by atoms with E-state index in [1.165, 1.54) is 0 Å². The summed E-state index contributed by atoms with van der Waals surface area (Å²) in [6.45, 7) is 4.70. The zero-order valence-corrected chi connectivity index (χ0v) is 20.6. The molecule has 0 radical (unpaired) electrons. The van der Waals surface area contributed by atoms with Gasteiger partial charge in [0, 0.05) is 18.9 Å². The Balaban J connectivity index is 1.50. The second-order valence-corrected chi connectivity index (χ2v) is 9.50. The topological polar surface area (TPSA) is 105 Å². The number of aliphatic carboxylic acids is 1. The lowest BCUT2D eigenvalue weighted by Gasteiger charge is -2.21. The number of alkyl carbamates (subject to hydrolysis) is 1. The number of benzene rings is 2. The number of nitrogens with one attached hydrogen (secondary N) is 2. The quantitative estimate of drug-likeness (QED) is 0.346. The first-order valence-corrected chi connectivity index (χ1v) is 12.5. The van der Waals surface area contributed by atoms with Crippen molar-refractivity contribution < 1.29 is 24.2 Å². The molecule has 3 rings (SSSR count). The average molecular weight is 481 g/mol. The number of unbranched alkanes of at least 4 members (excludes halogenated alkanes) is 3. The molecule has 35 heavy (non-hydrogen) atoms. The Morgan fingerprint density at radius 2 is 1.51 bits per heavy atom. The molecule has 0 saturated heterocycles. The number of carboxylic acids is 1. The average Bonchev–Trinajstić information content (AvgIpc) is 3.15. The minimum Gasteiger partial charge on any atom is -0.481 e. The molecule has 2 aromatic rings. The highest BCUT2D eigenvalue weighted by Crippen LogP contribution is 2.44. The number of hydrogen-bond donors (Lipinski definition) is 3. The SMILES string of the molecule is CC(C)CC(NC(=O)OCC1c2ccccc2-c2ccccc21)C(=O)NCCCCCCC(=O)O. The predicted octanol–water partition coefficient (Wildman–Crippen LogP) is 5.09. The van der Waals surface area contributed by atoms with Gasteiger partial charge in [0.15, 0.2) is 0 Å². The molecule has 0 bridgehead atoms. The second kappa shape index (κ2) is 12.9. The number of ether oxygens (including phenoxy) is 1. The van der Waals surface area contributed by atoms with E-state index in [2.05, 4.69) is 34.9 Å². The van der Waals surface area contributed by atoms with Crippen molar-refractivity contribution in [1.29, 1.82) is 0 Å². The van der Waals surface area contributed by atoms with Crippen LogP contribution in [0.25, 0.3) is 11.1 Å². The van der Waals surface area contributed by atoms with Crippen molar-refractivity contribution in [3.8, 4) is 11.1 Å². The number of hydrogen-bond acceptors (Lipinski definition) is 4. The molecule has 7 heteroatoms. The number of fused-ring (bicyclic) bond motifs is 3. The molecule has 188 valence electrons. The molecule has 0 saturated carbocycles. The summed E-state index contributed by atoms with van der Waals surface area (Å²) >= 11 is 0. The fourth-order valence-corrected chi connectivity index (χ4v) is 4.57. The van der Waals surface area contributed by atoms with Crippen molar-refractivity contribution in [2.24, 2.45) is 5.92 Å². The lowest BCUT2D eigenvalue weighted by molar-refractivity contribution is -0.137. The van der Waals surface area contributed by atoms with Gasteiger partial charge in [0.05, 0.1) is 0 Å². The standard InChI is InChI=1S/C28H36N2O5/c1-19(2)17-25(27(33)29-16-10-4-3-5-15-26(31)32)30-28(34)35-18-24-22-13-8-6-11-20(22)21-12-7-9-14-23(21)24/h6-9,11-14,19,24-25H,3-5,10,15-18H2,1-2H3,(H,29,33)(H,30,34)(H,31,32). The number of amides is 2. The van der Waals surface area contributed by atoms with E-state index in [1.54, 1.807) is 0 Å². The minimum absolute atomic E-state index is 0.0355. The Hall–Kier alpha value is -3.35. The molecule has 2 amide bonds. The highest BCUT2D eigenvalue weighted by Gasteiger charge is 2.30. The highest BCUT2D eigenvalue weighted by atomic mass is 16.5. The van der Waals surface area contributed by atoms with E-state index in [4.69, 9.17) is 9.84 Å². The molecular weight excluding hydrogens is 444 g/mol. The van der Waals surface area contributed by atoms with Gasteiger partial charge in [0.2, 0.25) is 5.91 Å². The maximum absolute atomic E-state index is 12.7. The summed E-state index contributed by atoms with van der Waals surface area (Å²) in [7, 11) is 0. The summed E-state index contributed by atoms with van der Waals surface area (Å²) < 4.78 is 5.61. The van der Waals surface area contributed by atoms with E-state index >= 15 is 0 Å². The molecule has 1 aliphatic carbocycles. The zero-order chi connectivity index (χ0) is 25.2. The number of carbonyl (C=O) groups excluding carboxylic acids is 2. The van der Waals surface area contributed by atoms with Crippen molar-refractivity contribution in [3.63, 3.8) is 0 Å². The van der Waals surface area contributed by atoms with Gasteiger partial charge in [0.1, 0.15) is 12.6 Å². The van der Waals surface area contributed by atoms with E-state index in [0.29, 0.717) is 19.4 Å². The van der Waals surface area contributed by atoms with E-state index in [9.17, 15) is 14.4 Å². The van der Waals surface area contributed by atoms with Gasteiger partial charge >= 0.3 is 12.1 Å². The third-order valence-electron chi connectivity index (χ3n) is 6.28. The van der Waals surface area contributed by atoms with Crippen LogP contribution in [0, 0.1) is 5.92 Å². The molecule has 7 nitrogen and oxygen atoms in total. The predicted molar refractivity (Wildman–Crippen MR) is 135 cm³/mol. The smallest absolute Gasteiger partial charge is 0.407 e. The summed E-state index contributed by atoms with van der Waals surface area (Å²) in [6.07, 6.45) is 3.16. The maximum atomic E-state index is 12.7. The molecule has 0 aliphatic heterocycles. The lowest BCUT2D eigenvalue weighted by Crippen LogP contribution is -2.48. The highest BCUT2D eigenvalue weighted by molar-refractivity contribution is 5.85. The van der Waals surface area contributed by atoms with Crippen LogP contribution >= 0.6 is 0 Å². The number of rotatable bonds is 13. The Labute approximate surface area is 207 Å². The van der Waals surface area contributed by atoms with Gasteiger partial charge in [-0.3, -0.25) is 9.59 Å². The van der Waals surface area contributed by atoms with Crippen molar-refractivity contribution in [2.45, 2.75) is 64.3 Å². The van der Waals surface area contributed by atoms with Crippen LogP contribution in [0.3, 0.4) is 0 Å². The van der Waals surface area contributed by atoms with E-state index in [-0.39, 0.29) is 30.8 Å². The first-order chi connectivity index (χ1) is 16.9. The molecule has 0 heterocycles. The molecule has 3 N–H and O–H groups in total. The van der Waals surface area contributed by atoms with Gasteiger partial charge in [-0.2, -0.15) is 0 Å². The summed E-state index contributed by atoms with van der Waals surface area (Å²) in [5.74, 6) is -0.825. The van der Waals surface area contributed by atoms with Crippen LogP contribution in [0.4, 0.5) is 4.79 Å². The Morgan fingerprint density at radius 3 is 2.11 bits per heavy atom. The van der Waals surface area contributed by atoms with Crippen LogP contribution in [0.2, 0.25) is 0 Å². The second-order valence-electron chi connectivity index (χ2n) is 9.50. The monoisotopic (exact) mass is 480 g/mol. The van der Waals surface area contributed by atoms with Gasteiger partial charge in [0.25, 0.3) is 0 Å². The maximum Gasteiger partial charge on any atom is 0.407 e. The van der Waals surface area contributed by atoms with Gasteiger partial charge in [-0.1, -0.05) is 75.2 Å². The molecular formula is C28H36N2O5. The molecule has 0 fully saturated rings. The summed E-state index contributed by atoms with van der Waals surface area (Å²) in [4.78, 5) is 35.9. The Bertz CT molecular complexity index is 974. The van der Waals surface area contributed by atoms with Gasteiger partial charge in [-0.15, -0.1) is 0 Å². The first-order valence-electron chi connectivity index (χ1n) is 12.5. The van der Waals surface area contributed by atoms with Crippen LogP contribution in [-0.4, -0.2) is 42.3 Å². The third-order valence-corrected chi connectivity index (χ3v) is 6.28. The van der Waals surface area contributed by atoms with Gasteiger partial charge in [-0.25, -0.2) is 4.79 Å². The Morgan fingerprint density at radius 1 is 0.914 bits per heavy atom. The van der Waals surface area contributed by atoms with Crippen molar-refractivity contribution >= 4 is 18.0 Å². The zero-order valence-electron chi connectivity index (χ0n) is 20.6. The van der Waals surface area contributed by atoms with Crippen molar-refractivity contribution in [1.82, 2.24) is 10.6 Å². The number of carbonyl (C=O) groups is 3. The first kappa shape index (κ1) is 26.3. The van der Waals surface area contributed by atoms with E-state index in [0.717, 1.165) is 41.5 Å². The lowest BCUT2D eigenvalue weighted by atomic mass is 9.98. The largest absolute Gasteiger partial charge is 0.481 e. The van der Waals surface area contributed by atoms with Crippen LogP contribution in [0.15, 0.2) is 48.5 Å². The number of carboxylic acid groups (broad SMARTS) is 1. The summed E-state index contributed by atoms with van der Waals surface area (Å²) in [5, 5.41) is 14.3.